The lowest BCUT2D eigenvalue weighted by molar-refractivity contribution is -0.384. The number of nitrogens with zero attached hydrogens (tertiary/aromatic N) is 3. The van der Waals surface area contributed by atoms with E-state index >= 15 is 0 Å². The number of nitro groups is 1. The van der Waals surface area contributed by atoms with Gasteiger partial charge in [-0.2, -0.15) is 0 Å². The largest absolute Gasteiger partial charge is 0.354 e. The molecular weight excluding hydrogens is 494 g/mol. The van der Waals surface area contributed by atoms with Crippen molar-refractivity contribution in [3.63, 3.8) is 0 Å². The smallest absolute Gasteiger partial charge is 0.269 e. The summed E-state index contributed by atoms with van der Waals surface area (Å²) in [5.41, 5.74) is 3.90. The standard InChI is InChI=1S/C27H24ClN5O4/c1-31-12-14-32(15-13-31)27(35)18-2-7-20(8-3-18)29-25(17-4-9-21(10-5-17)33(36)37)24-22-11-6-19(28)16-23(22)30-26(24)34/h2-11,16,29H,12-15H2,1H3,(H,30,34). The molecule has 0 unspecified atom stereocenters. The van der Waals surface area contributed by atoms with Gasteiger partial charge in [0.15, 0.2) is 0 Å². The van der Waals surface area contributed by atoms with E-state index in [1.165, 1.54) is 12.1 Å². The van der Waals surface area contributed by atoms with E-state index in [4.69, 9.17) is 11.6 Å². The number of nitro benzene ring substituents is 1. The molecule has 37 heavy (non-hydrogen) atoms. The Balaban J connectivity index is 1.49. The molecule has 0 atom stereocenters. The maximum Gasteiger partial charge on any atom is 0.269 e. The fraction of sp³-hybridized carbons (Fsp3) is 0.185. The lowest BCUT2D eigenvalue weighted by atomic mass is 9.99. The molecule has 9 nitrogen and oxygen atoms in total. The van der Waals surface area contributed by atoms with Gasteiger partial charge in [0.05, 0.1) is 21.9 Å². The highest BCUT2D eigenvalue weighted by Gasteiger charge is 2.29. The number of benzene rings is 3. The second-order valence-electron chi connectivity index (χ2n) is 9.00. The minimum atomic E-state index is -0.473. The predicted molar refractivity (Wildman–Crippen MR) is 143 cm³/mol. The average Bonchev–Trinajstić information content (AvgIpc) is 3.22. The molecule has 0 saturated carbocycles. The van der Waals surface area contributed by atoms with Gasteiger partial charge in [-0.15, -0.1) is 0 Å². The summed E-state index contributed by atoms with van der Waals surface area (Å²) in [6.07, 6.45) is 0. The predicted octanol–water partition coefficient (Wildman–Crippen LogP) is 4.57. The molecule has 10 heteroatoms. The molecular formula is C27H24ClN5O4. The first-order valence-electron chi connectivity index (χ1n) is 11.8. The number of carbonyl (C=O) groups is 2. The molecule has 0 radical (unpaired) electrons. The van der Waals surface area contributed by atoms with Crippen LogP contribution in [0.25, 0.3) is 11.3 Å². The minimum Gasteiger partial charge on any atom is -0.354 e. The zero-order chi connectivity index (χ0) is 26.1. The van der Waals surface area contributed by atoms with Crippen molar-refractivity contribution in [1.82, 2.24) is 9.80 Å². The second kappa shape index (κ2) is 10.0. The summed E-state index contributed by atoms with van der Waals surface area (Å²) in [5.74, 6) is -0.338. The molecule has 2 N–H and O–H groups in total. The summed E-state index contributed by atoms with van der Waals surface area (Å²) in [6.45, 7) is 3.05. The van der Waals surface area contributed by atoms with Crippen molar-refractivity contribution < 1.29 is 14.5 Å². The van der Waals surface area contributed by atoms with Gasteiger partial charge in [-0.1, -0.05) is 17.7 Å². The zero-order valence-electron chi connectivity index (χ0n) is 20.0. The van der Waals surface area contributed by atoms with Crippen LogP contribution in [0.2, 0.25) is 5.02 Å². The van der Waals surface area contributed by atoms with Crippen LogP contribution in [0.1, 0.15) is 21.5 Å². The SMILES string of the molecule is CN1CCN(C(=O)c2ccc(NC(=C3C(=O)Nc4cc(Cl)ccc43)c3ccc([N+](=O)[O-])cc3)cc2)CC1. The quantitative estimate of drug-likeness (QED) is 0.292. The van der Waals surface area contributed by atoms with Gasteiger partial charge in [-0.25, -0.2) is 0 Å². The van der Waals surface area contributed by atoms with Crippen molar-refractivity contribution in [2.75, 3.05) is 43.9 Å². The maximum atomic E-state index is 13.1. The summed E-state index contributed by atoms with van der Waals surface area (Å²) in [6, 6.07) is 18.2. The molecule has 1 saturated heterocycles. The van der Waals surface area contributed by atoms with Crippen LogP contribution in [-0.2, 0) is 4.79 Å². The number of non-ortho nitro benzene ring substituents is 1. The van der Waals surface area contributed by atoms with Gasteiger partial charge >= 0.3 is 0 Å². The van der Waals surface area contributed by atoms with E-state index in [-0.39, 0.29) is 17.5 Å². The number of carbonyl (C=O) groups excluding carboxylic acids is 2. The lowest BCUT2D eigenvalue weighted by Crippen LogP contribution is -2.47. The summed E-state index contributed by atoms with van der Waals surface area (Å²) in [7, 11) is 2.04. The molecule has 2 heterocycles. The van der Waals surface area contributed by atoms with E-state index < -0.39 is 4.92 Å². The molecule has 2 aliphatic rings. The highest BCUT2D eigenvalue weighted by molar-refractivity contribution is 6.38. The van der Waals surface area contributed by atoms with Crippen LogP contribution < -0.4 is 10.6 Å². The Kier molecular flexibility index (Phi) is 6.64. The van der Waals surface area contributed by atoms with Gasteiger partial charge in [-0.05, 0) is 61.1 Å². The third kappa shape index (κ3) is 5.04. The van der Waals surface area contributed by atoms with Crippen LogP contribution in [-0.4, -0.2) is 59.8 Å². The number of hydrogen-bond donors (Lipinski definition) is 2. The van der Waals surface area contributed by atoms with Gasteiger partial charge < -0.3 is 20.4 Å². The number of anilines is 2. The van der Waals surface area contributed by atoms with Crippen molar-refractivity contribution in [3.05, 3.63) is 98.6 Å². The summed E-state index contributed by atoms with van der Waals surface area (Å²) < 4.78 is 0. The summed E-state index contributed by atoms with van der Waals surface area (Å²) in [5, 5.41) is 17.8. The topological polar surface area (TPSA) is 108 Å². The first-order valence-corrected chi connectivity index (χ1v) is 12.1. The Bertz CT molecular complexity index is 1410. The normalized spacial score (nSPS) is 16.7. The fourth-order valence-electron chi connectivity index (χ4n) is 4.45. The maximum absolute atomic E-state index is 13.1. The van der Waals surface area contributed by atoms with Crippen molar-refractivity contribution in [3.8, 4) is 0 Å². The van der Waals surface area contributed by atoms with Crippen molar-refractivity contribution >= 4 is 51.7 Å². The molecule has 2 aliphatic heterocycles. The number of amides is 2. The first kappa shape index (κ1) is 24.5. The van der Waals surface area contributed by atoms with Crippen LogP contribution in [0.5, 0.6) is 0 Å². The lowest BCUT2D eigenvalue weighted by Gasteiger charge is -2.32. The van der Waals surface area contributed by atoms with E-state index in [0.717, 1.165) is 13.1 Å². The highest BCUT2D eigenvalue weighted by Crippen LogP contribution is 2.39. The molecule has 2 amide bonds. The van der Waals surface area contributed by atoms with Gasteiger partial charge in [0.1, 0.15) is 0 Å². The molecule has 0 bridgehead atoms. The Hall–Kier alpha value is -4.21. The summed E-state index contributed by atoms with van der Waals surface area (Å²) >= 11 is 6.12. The van der Waals surface area contributed by atoms with Crippen LogP contribution in [0.4, 0.5) is 17.1 Å². The number of halogens is 1. The Labute approximate surface area is 218 Å². The Morgan fingerprint density at radius 2 is 1.62 bits per heavy atom. The van der Waals surface area contributed by atoms with Crippen molar-refractivity contribution in [1.29, 1.82) is 0 Å². The Morgan fingerprint density at radius 1 is 0.973 bits per heavy atom. The van der Waals surface area contributed by atoms with Crippen LogP contribution in [0.15, 0.2) is 66.7 Å². The molecule has 188 valence electrons. The van der Waals surface area contributed by atoms with E-state index in [1.54, 1.807) is 54.6 Å². The number of hydrogen-bond acceptors (Lipinski definition) is 6. The van der Waals surface area contributed by atoms with E-state index in [1.807, 2.05) is 11.9 Å². The molecule has 1 fully saturated rings. The van der Waals surface area contributed by atoms with Gasteiger partial charge in [0.2, 0.25) is 0 Å². The molecule has 3 aromatic rings. The fourth-order valence-corrected chi connectivity index (χ4v) is 4.63. The average molecular weight is 518 g/mol. The van der Waals surface area contributed by atoms with Crippen LogP contribution in [0.3, 0.4) is 0 Å². The third-order valence-corrected chi connectivity index (χ3v) is 6.77. The van der Waals surface area contributed by atoms with Gasteiger partial charge in [-0.3, -0.25) is 19.7 Å². The highest BCUT2D eigenvalue weighted by atomic mass is 35.5. The van der Waals surface area contributed by atoms with Crippen molar-refractivity contribution in [2.24, 2.45) is 0 Å². The zero-order valence-corrected chi connectivity index (χ0v) is 20.8. The van der Waals surface area contributed by atoms with Crippen LogP contribution in [0, 0.1) is 10.1 Å². The van der Waals surface area contributed by atoms with E-state index in [2.05, 4.69) is 15.5 Å². The van der Waals surface area contributed by atoms with Crippen molar-refractivity contribution in [2.45, 2.75) is 0 Å². The van der Waals surface area contributed by atoms with E-state index in [0.29, 0.717) is 57.4 Å². The van der Waals surface area contributed by atoms with Gasteiger partial charge in [0, 0.05) is 60.1 Å². The molecule has 0 aromatic heterocycles. The number of piperazine rings is 1. The number of nitrogens with one attached hydrogen (secondary N) is 2. The summed E-state index contributed by atoms with van der Waals surface area (Å²) in [4.78, 5) is 40.7. The minimum absolute atomic E-state index is 0.0189. The number of fused-ring (bicyclic) bond motifs is 1. The van der Waals surface area contributed by atoms with Crippen LogP contribution >= 0.6 is 11.6 Å². The second-order valence-corrected chi connectivity index (χ2v) is 9.43. The van der Waals surface area contributed by atoms with E-state index in [9.17, 15) is 19.7 Å². The number of rotatable bonds is 5. The molecule has 0 aliphatic carbocycles. The monoisotopic (exact) mass is 517 g/mol. The molecule has 5 rings (SSSR count). The number of likely N-dealkylation sites (N-methyl/N-ethyl adjacent to an activating group) is 1. The molecule has 0 spiro atoms. The third-order valence-electron chi connectivity index (χ3n) is 6.53. The molecule has 3 aromatic carbocycles. The first-order chi connectivity index (χ1) is 17.8. The van der Waals surface area contributed by atoms with Gasteiger partial charge in [0.25, 0.3) is 17.5 Å². The Morgan fingerprint density at radius 3 is 2.27 bits per heavy atom.